The zero-order valence-electron chi connectivity index (χ0n) is 17.4. The number of nitrogens with zero attached hydrogens (tertiary/aromatic N) is 3. The standard InChI is InChI=1S/C23H25ClN4OS/c1-4-27(5-2)17-12-10-16(11-13-17)22-21-15(3)26-28(19-9-7-6-8-18(19)24)23(21)25-20(29)14-30-22/h6-13,22H,4-5,14H2,1-3H3,(H,25,29)/t22-/m1/s1. The van der Waals surface area contributed by atoms with Crippen LogP contribution >= 0.6 is 23.4 Å². The molecule has 3 aromatic rings. The van der Waals surface area contributed by atoms with Gasteiger partial charge in [0.1, 0.15) is 5.82 Å². The molecule has 1 N–H and O–H groups in total. The number of carbonyl (C=O) groups excluding carboxylic acids is 1. The fraction of sp³-hybridized carbons (Fsp3) is 0.304. The maximum atomic E-state index is 12.5. The molecule has 0 unspecified atom stereocenters. The van der Waals surface area contributed by atoms with Crippen LogP contribution in [0, 0.1) is 6.92 Å². The molecule has 30 heavy (non-hydrogen) atoms. The fourth-order valence-corrected chi connectivity index (χ4v) is 5.30. The normalized spacial score (nSPS) is 16.0. The van der Waals surface area contributed by atoms with E-state index in [0.717, 1.165) is 35.6 Å². The van der Waals surface area contributed by atoms with Gasteiger partial charge in [0.25, 0.3) is 0 Å². The van der Waals surface area contributed by atoms with E-state index < -0.39 is 0 Å². The molecule has 0 aliphatic carbocycles. The number of benzene rings is 2. The second-order valence-electron chi connectivity index (χ2n) is 7.21. The second-order valence-corrected chi connectivity index (χ2v) is 8.71. The molecule has 5 nitrogen and oxygen atoms in total. The van der Waals surface area contributed by atoms with E-state index in [9.17, 15) is 4.79 Å². The number of fused-ring (bicyclic) bond motifs is 1. The molecule has 0 spiro atoms. The molecule has 1 aliphatic heterocycles. The number of rotatable bonds is 5. The van der Waals surface area contributed by atoms with Crippen LogP contribution in [0.5, 0.6) is 0 Å². The van der Waals surface area contributed by atoms with Gasteiger partial charge in [-0.2, -0.15) is 5.10 Å². The molecule has 4 rings (SSSR count). The van der Waals surface area contributed by atoms with Crippen molar-refractivity contribution in [2.24, 2.45) is 0 Å². The summed E-state index contributed by atoms with van der Waals surface area (Å²) in [4.78, 5) is 14.8. The third kappa shape index (κ3) is 3.82. The van der Waals surface area contributed by atoms with Crippen LogP contribution in [-0.4, -0.2) is 34.5 Å². The third-order valence-electron chi connectivity index (χ3n) is 5.41. The minimum atomic E-state index is -0.0308. The first-order valence-corrected chi connectivity index (χ1v) is 11.6. The monoisotopic (exact) mass is 440 g/mol. The summed E-state index contributed by atoms with van der Waals surface area (Å²) in [5.74, 6) is 1.06. The molecule has 0 saturated heterocycles. The lowest BCUT2D eigenvalue weighted by atomic mass is 10.0. The molecule has 1 aromatic heterocycles. The van der Waals surface area contributed by atoms with Crippen molar-refractivity contribution >= 4 is 40.8 Å². The number of halogens is 1. The van der Waals surface area contributed by atoms with Crippen molar-refractivity contribution in [3.05, 3.63) is 70.4 Å². The van der Waals surface area contributed by atoms with Gasteiger partial charge in [-0.15, -0.1) is 11.8 Å². The number of nitrogens with one attached hydrogen (secondary N) is 1. The van der Waals surface area contributed by atoms with Crippen molar-refractivity contribution in [2.75, 3.05) is 29.1 Å². The van der Waals surface area contributed by atoms with E-state index in [2.05, 4.69) is 48.3 Å². The van der Waals surface area contributed by atoms with E-state index in [4.69, 9.17) is 16.7 Å². The zero-order valence-corrected chi connectivity index (χ0v) is 18.9. The van der Waals surface area contributed by atoms with Crippen molar-refractivity contribution in [2.45, 2.75) is 26.0 Å². The van der Waals surface area contributed by atoms with E-state index in [-0.39, 0.29) is 11.2 Å². The number of anilines is 2. The van der Waals surface area contributed by atoms with Gasteiger partial charge < -0.3 is 10.2 Å². The van der Waals surface area contributed by atoms with Crippen LogP contribution in [-0.2, 0) is 4.79 Å². The van der Waals surface area contributed by atoms with Crippen molar-refractivity contribution in [3.63, 3.8) is 0 Å². The molecule has 0 fully saturated rings. The summed E-state index contributed by atoms with van der Waals surface area (Å²) in [6.07, 6.45) is 0. The SMILES string of the molecule is CCN(CC)c1ccc([C@H]2SCC(=O)Nc3c2c(C)nn3-c2ccccc2Cl)cc1. The Morgan fingerprint density at radius 1 is 1.17 bits per heavy atom. The van der Waals surface area contributed by atoms with Gasteiger partial charge >= 0.3 is 0 Å². The highest BCUT2D eigenvalue weighted by Gasteiger charge is 2.31. The summed E-state index contributed by atoms with van der Waals surface area (Å²) in [7, 11) is 0. The highest BCUT2D eigenvalue weighted by molar-refractivity contribution is 8.00. The smallest absolute Gasteiger partial charge is 0.235 e. The Balaban J connectivity index is 1.80. The van der Waals surface area contributed by atoms with Crippen molar-refractivity contribution in [3.8, 4) is 5.69 Å². The molecule has 0 radical (unpaired) electrons. The van der Waals surface area contributed by atoms with Crippen molar-refractivity contribution in [1.29, 1.82) is 0 Å². The highest BCUT2D eigenvalue weighted by atomic mass is 35.5. The van der Waals surface area contributed by atoms with E-state index >= 15 is 0 Å². The summed E-state index contributed by atoms with van der Waals surface area (Å²) < 4.78 is 1.76. The quantitative estimate of drug-likeness (QED) is 0.572. The van der Waals surface area contributed by atoms with Crippen LogP contribution in [0.3, 0.4) is 0 Å². The predicted molar refractivity (Wildman–Crippen MR) is 126 cm³/mol. The Morgan fingerprint density at radius 2 is 1.87 bits per heavy atom. The summed E-state index contributed by atoms with van der Waals surface area (Å²) in [5.41, 5.74) is 5.04. The topological polar surface area (TPSA) is 50.2 Å². The number of thioether (sulfide) groups is 1. The number of carbonyl (C=O) groups is 1. The molecule has 7 heteroatoms. The molecule has 1 amide bonds. The van der Waals surface area contributed by atoms with Crippen molar-refractivity contribution in [1.82, 2.24) is 9.78 Å². The van der Waals surface area contributed by atoms with Crippen LogP contribution < -0.4 is 10.2 Å². The first-order valence-electron chi connectivity index (χ1n) is 10.1. The van der Waals surface area contributed by atoms with E-state index in [1.54, 1.807) is 16.4 Å². The van der Waals surface area contributed by atoms with Crippen LogP contribution in [0.15, 0.2) is 48.5 Å². The van der Waals surface area contributed by atoms with Gasteiger partial charge in [0, 0.05) is 24.3 Å². The maximum Gasteiger partial charge on any atom is 0.235 e. The van der Waals surface area contributed by atoms with Crippen molar-refractivity contribution < 1.29 is 4.79 Å². The van der Waals surface area contributed by atoms with Gasteiger partial charge in [-0.05, 0) is 50.6 Å². The van der Waals surface area contributed by atoms with Crippen LogP contribution in [0.25, 0.3) is 5.69 Å². The molecule has 1 atom stereocenters. The molecule has 1 aliphatic rings. The van der Waals surface area contributed by atoms with Crippen LogP contribution in [0.1, 0.15) is 35.9 Å². The Labute approximate surface area is 186 Å². The first-order chi connectivity index (χ1) is 14.5. The average Bonchev–Trinajstić information content (AvgIpc) is 2.95. The minimum absolute atomic E-state index is 0.0148. The van der Waals surface area contributed by atoms with Gasteiger partial charge in [0.05, 0.1) is 27.4 Å². The number of hydrogen-bond donors (Lipinski definition) is 1. The lowest BCUT2D eigenvalue weighted by Gasteiger charge is -2.22. The molecule has 156 valence electrons. The van der Waals surface area contributed by atoms with Gasteiger partial charge in [-0.1, -0.05) is 35.9 Å². The second kappa shape index (κ2) is 8.74. The fourth-order valence-electron chi connectivity index (χ4n) is 3.89. The molecular weight excluding hydrogens is 416 g/mol. The molecule has 0 saturated carbocycles. The van der Waals surface area contributed by atoms with Crippen LogP contribution in [0.4, 0.5) is 11.5 Å². The van der Waals surface area contributed by atoms with Gasteiger partial charge in [-0.3, -0.25) is 4.79 Å². The molecule has 0 bridgehead atoms. The third-order valence-corrected chi connectivity index (χ3v) is 7.00. The first kappa shape index (κ1) is 20.8. The number of hydrogen-bond acceptors (Lipinski definition) is 4. The Morgan fingerprint density at radius 3 is 2.53 bits per heavy atom. The van der Waals surface area contributed by atoms with Gasteiger partial charge in [-0.25, -0.2) is 4.68 Å². The van der Waals surface area contributed by atoms with E-state index in [1.165, 1.54) is 5.69 Å². The summed E-state index contributed by atoms with van der Waals surface area (Å²) in [6, 6.07) is 16.2. The number of para-hydroxylation sites is 1. The van der Waals surface area contributed by atoms with Gasteiger partial charge in [0.2, 0.25) is 5.91 Å². The van der Waals surface area contributed by atoms with E-state index in [0.29, 0.717) is 16.6 Å². The zero-order chi connectivity index (χ0) is 21.3. The maximum absolute atomic E-state index is 12.5. The number of amides is 1. The molecule has 2 aromatic carbocycles. The average molecular weight is 441 g/mol. The number of aromatic nitrogens is 2. The lowest BCUT2D eigenvalue weighted by Crippen LogP contribution is -2.21. The lowest BCUT2D eigenvalue weighted by molar-refractivity contribution is -0.113. The predicted octanol–water partition coefficient (Wildman–Crippen LogP) is 5.46. The Kier molecular flexibility index (Phi) is 6.06. The van der Waals surface area contributed by atoms with Crippen LogP contribution in [0.2, 0.25) is 5.02 Å². The Hall–Kier alpha value is -2.44. The Bertz CT molecular complexity index is 1060. The van der Waals surface area contributed by atoms with E-state index in [1.807, 2.05) is 31.2 Å². The summed E-state index contributed by atoms with van der Waals surface area (Å²) in [6.45, 7) is 8.26. The summed E-state index contributed by atoms with van der Waals surface area (Å²) in [5, 5.41) is 8.41. The van der Waals surface area contributed by atoms with Gasteiger partial charge in [0.15, 0.2) is 0 Å². The largest absolute Gasteiger partial charge is 0.372 e. The molecule has 2 heterocycles. The highest BCUT2D eigenvalue weighted by Crippen LogP contribution is 2.44. The summed E-state index contributed by atoms with van der Waals surface area (Å²) >= 11 is 8.06. The number of aryl methyl sites for hydroxylation is 1. The minimum Gasteiger partial charge on any atom is -0.372 e. The molecular formula is C23H25ClN4OS.